The van der Waals surface area contributed by atoms with Gasteiger partial charge in [0.2, 0.25) is 0 Å². The van der Waals surface area contributed by atoms with Crippen LogP contribution >= 0.6 is 0 Å². The number of hydrogen-bond acceptors (Lipinski definition) is 4. The van der Waals surface area contributed by atoms with Crippen LogP contribution in [-0.2, 0) is 9.59 Å². The van der Waals surface area contributed by atoms with Crippen molar-refractivity contribution in [1.29, 1.82) is 0 Å². The molecule has 0 amide bonds. The fourth-order valence-corrected chi connectivity index (χ4v) is 2.99. The molecule has 1 aliphatic carbocycles. The summed E-state index contributed by atoms with van der Waals surface area (Å²) in [4.78, 5) is 21.3. The Balaban J connectivity index is 2.21. The van der Waals surface area contributed by atoms with Crippen LogP contribution < -0.4 is 11.1 Å². The number of carbonyl (C=O) groups excluding carboxylic acids is 1. The molecule has 0 saturated heterocycles. The summed E-state index contributed by atoms with van der Waals surface area (Å²) in [7, 11) is 0. The molecule has 5 nitrogen and oxygen atoms in total. The maximum atomic E-state index is 10.8. The van der Waals surface area contributed by atoms with Crippen molar-refractivity contribution in [3.05, 3.63) is 0 Å². The van der Waals surface area contributed by atoms with Crippen molar-refractivity contribution >= 4 is 12.3 Å². The average Bonchev–Trinajstić information content (AvgIpc) is 3.14. The van der Waals surface area contributed by atoms with Gasteiger partial charge in [0.1, 0.15) is 6.29 Å². The van der Waals surface area contributed by atoms with Crippen LogP contribution in [0.4, 0.5) is 0 Å². The summed E-state index contributed by atoms with van der Waals surface area (Å²) in [6.45, 7) is 7.41. The molecule has 1 saturated carbocycles. The van der Waals surface area contributed by atoms with E-state index in [0.29, 0.717) is 23.7 Å². The maximum absolute atomic E-state index is 10.8. The highest BCUT2D eigenvalue weighted by molar-refractivity contribution is 5.73. The van der Waals surface area contributed by atoms with E-state index in [1.165, 1.54) is 19.3 Å². The first-order valence-electron chi connectivity index (χ1n) is 7.86. The summed E-state index contributed by atoms with van der Waals surface area (Å²) in [5.41, 5.74) is 6.90. The summed E-state index contributed by atoms with van der Waals surface area (Å²) >= 11 is 0. The Morgan fingerprint density at radius 2 is 2.05 bits per heavy atom. The molecular weight excluding hydrogens is 268 g/mol. The van der Waals surface area contributed by atoms with E-state index in [-0.39, 0.29) is 12.5 Å². The van der Waals surface area contributed by atoms with Gasteiger partial charge >= 0.3 is 5.97 Å². The largest absolute Gasteiger partial charge is 0.481 e. The van der Waals surface area contributed by atoms with E-state index in [1.54, 1.807) is 0 Å². The molecule has 0 aromatic rings. The minimum Gasteiger partial charge on any atom is -0.481 e. The summed E-state index contributed by atoms with van der Waals surface area (Å²) < 4.78 is 0. The van der Waals surface area contributed by atoms with Crippen molar-refractivity contribution in [1.82, 2.24) is 5.32 Å². The lowest BCUT2D eigenvalue weighted by molar-refractivity contribution is -0.138. The highest BCUT2D eigenvalue weighted by Crippen LogP contribution is 2.61. The molecular formula is C16H30N2O3. The van der Waals surface area contributed by atoms with Crippen LogP contribution in [0.15, 0.2) is 0 Å². The summed E-state index contributed by atoms with van der Waals surface area (Å²) in [6.07, 6.45) is 6.28. The molecule has 0 aliphatic heterocycles. The van der Waals surface area contributed by atoms with Crippen LogP contribution in [0.3, 0.4) is 0 Å². The van der Waals surface area contributed by atoms with Crippen LogP contribution in [0.1, 0.15) is 59.3 Å². The third kappa shape index (κ3) is 5.75. The number of rotatable bonds is 10. The number of aldehydes is 1. The zero-order valence-corrected chi connectivity index (χ0v) is 13.5. The molecule has 5 heteroatoms. The van der Waals surface area contributed by atoms with Crippen LogP contribution in [0.2, 0.25) is 0 Å². The number of hydrogen-bond donors (Lipinski definition) is 3. The Morgan fingerprint density at radius 1 is 1.43 bits per heavy atom. The van der Waals surface area contributed by atoms with Gasteiger partial charge in [-0.15, -0.1) is 0 Å². The molecule has 0 spiro atoms. The number of carbonyl (C=O) groups is 2. The quantitative estimate of drug-likeness (QED) is 0.536. The zero-order chi connectivity index (χ0) is 16.1. The minimum absolute atomic E-state index is 0.0305. The lowest BCUT2D eigenvalue weighted by Crippen LogP contribution is -2.41. The van der Waals surface area contributed by atoms with Crippen molar-refractivity contribution in [3.63, 3.8) is 0 Å². The predicted molar refractivity (Wildman–Crippen MR) is 83.1 cm³/mol. The van der Waals surface area contributed by atoms with Crippen LogP contribution in [0, 0.1) is 10.8 Å². The topological polar surface area (TPSA) is 92.4 Å². The Bertz CT molecular complexity index is 359. The Morgan fingerprint density at radius 3 is 2.48 bits per heavy atom. The average molecular weight is 298 g/mol. The van der Waals surface area contributed by atoms with Gasteiger partial charge in [-0.3, -0.25) is 4.79 Å². The second kappa shape index (κ2) is 7.36. The van der Waals surface area contributed by atoms with E-state index in [1.807, 2.05) is 0 Å². The van der Waals surface area contributed by atoms with Gasteiger partial charge < -0.3 is 21.0 Å². The lowest BCUT2D eigenvalue weighted by atomic mass is 9.74. The molecule has 0 radical (unpaired) electrons. The monoisotopic (exact) mass is 298 g/mol. The Labute approximate surface area is 127 Å². The third-order valence-corrected chi connectivity index (χ3v) is 4.88. The molecule has 0 aromatic heterocycles. The first-order valence-corrected chi connectivity index (χ1v) is 7.86. The zero-order valence-electron chi connectivity index (χ0n) is 13.5. The van der Waals surface area contributed by atoms with Crippen LogP contribution in [0.5, 0.6) is 0 Å². The van der Waals surface area contributed by atoms with E-state index in [4.69, 9.17) is 10.8 Å². The van der Waals surface area contributed by atoms with Crippen molar-refractivity contribution in [2.75, 3.05) is 6.54 Å². The molecule has 1 unspecified atom stereocenters. The first kappa shape index (κ1) is 18.1. The van der Waals surface area contributed by atoms with E-state index in [2.05, 4.69) is 26.1 Å². The number of carboxylic acid groups (broad SMARTS) is 1. The highest BCUT2D eigenvalue weighted by Gasteiger charge is 2.50. The van der Waals surface area contributed by atoms with Gasteiger partial charge in [0, 0.05) is 12.6 Å². The molecule has 1 fully saturated rings. The van der Waals surface area contributed by atoms with E-state index in [9.17, 15) is 9.59 Å². The Kier molecular flexibility index (Phi) is 6.35. The van der Waals surface area contributed by atoms with Crippen molar-refractivity contribution in [2.45, 2.75) is 71.4 Å². The fourth-order valence-electron chi connectivity index (χ4n) is 2.99. The molecule has 21 heavy (non-hydrogen) atoms. The second-order valence-corrected chi connectivity index (χ2v) is 7.43. The van der Waals surface area contributed by atoms with Gasteiger partial charge in [-0.1, -0.05) is 27.2 Å². The normalized spacial score (nSPS) is 19.8. The number of carboxylic acids is 1. The SMILES string of the molecule is CC(C)(C)C1(CCCC(N)CN[C@H](C=O)CC(=O)O)CC1. The second-order valence-electron chi connectivity index (χ2n) is 7.43. The van der Waals surface area contributed by atoms with E-state index in [0.717, 1.165) is 12.8 Å². The molecule has 0 aromatic carbocycles. The summed E-state index contributed by atoms with van der Waals surface area (Å²) in [5, 5.41) is 11.6. The Hall–Kier alpha value is -0.940. The van der Waals surface area contributed by atoms with Gasteiger partial charge in [-0.25, -0.2) is 0 Å². The summed E-state index contributed by atoms with van der Waals surface area (Å²) in [6, 6.07) is -0.671. The molecule has 1 aliphatic rings. The summed E-state index contributed by atoms with van der Waals surface area (Å²) in [5.74, 6) is -0.978. The highest BCUT2D eigenvalue weighted by atomic mass is 16.4. The standard InChI is InChI=1S/C16H30N2O3/c1-15(2,3)16(7-8-16)6-4-5-12(17)10-18-13(11-19)9-14(20)21/h11-13,18H,4-10,17H2,1-3H3,(H,20,21)/t12?,13-/m0/s1. The molecule has 0 heterocycles. The maximum Gasteiger partial charge on any atom is 0.305 e. The molecule has 122 valence electrons. The molecule has 0 bridgehead atoms. The third-order valence-electron chi connectivity index (χ3n) is 4.88. The smallest absolute Gasteiger partial charge is 0.305 e. The predicted octanol–water partition coefficient (Wildman–Crippen LogP) is 1.94. The van der Waals surface area contributed by atoms with Crippen molar-refractivity contribution in [3.8, 4) is 0 Å². The first-order chi connectivity index (χ1) is 9.70. The van der Waals surface area contributed by atoms with Crippen LogP contribution in [-0.4, -0.2) is 36.0 Å². The van der Waals surface area contributed by atoms with E-state index >= 15 is 0 Å². The van der Waals surface area contributed by atoms with Gasteiger partial charge in [-0.05, 0) is 36.5 Å². The molecule has 4 N–H and O–H groups in total. The number of nitrogens with one attached hydrogen (secondary N) is 1. The number of aliphatic carboxylic acids is 1. The van der Waals surface area contributed by atoms with Gasteiger partial charge in [0.15, 0.2) is 0 Å². The molecule has 2 atom stereocenters. The van der Waals surface area contributed by atoms with Gasteiger partial charge in [0.05, 0.1) is 12.5 Å². The van der Waals surface area contributed by atoms with Gasteiger partial charge in [0.25, 0.3) is 0 Å². The van der Waals surface area contributed by atoms with Gasteiger partial charge in [-0.2, -0.15) is 0 Å². The molecule has 1 rings (SSSR count). The number of nitrogens with two attached hydrogens (primary N) is 1. The fraction of sp³-hybridized carbons (Fsp3) is 0.875. The lowest BCUT2D eigenvalue weighted by Gasteiger charge is -2.31. The van der Waals surface area contributed by atoms with Crippen molar-refractivity contribution in [2.24, 2.45) is 16.6 Å². The van der Waals surface area contributed by atoms with Crippen LogP contribution in [0.25, 0.3) is 0 Å². The van der Waals surface area contributed by atoms with Crippen molar-refractivity contribution < 1.29 is 14.7 Å². The minimum atomic E-state index is -0.978. The van der Waals surface area contributed by atoms with E-state index < -0.39 is 12.0 Å².